The number of likely N-dealkylation sites (tertiary alicyclic amines) is 1. The maximum atomic E-state index is 5.70. The number of piperidine rings is 1. The van der Waals surface area contributed by atoms with Gasteiger partial charge in [-0.1, -0.05) is 0 Å². The van der Waals surface area contributed by atoms with Crippen molar-refractivity contribution in [3.05, 3.63) is 0 Å². The van der Waals surface area contributed by atoms with Crippen LogP contribution in [0.15, 0.2) is 0 Å². The van der Waals surface area contributed by atoms with Crippen LogP contribution in [-0.4, -0.2) is 56.1 Å². The molecule has 1 rings (SSSR count). The lowest BCUT2D eigenvalue weighted by atomic mass is 9.97. The summed E-state index contributed by atoms with van der Waals surface area (Å²) in [6.45, 7) is 1.98. The summed E-state index contributed by atoms with van der Waals surface area (Å²) >= 11 is 0. The maximum Gasteiger partial charge on any atom is 0.0230 e. The molecule has 2 atom stereocenters. The normalized spacial score (nSPS) is 32.8. The van der Waals surface area contributed by atoms with Crippen molar-refractivity contribution >= 4 is 0 Å². The van der Waals surface area contributed by atoms with Crippen molar-refractivity contribution in [1.82, 2.24) is 9.80 Å². The molecular formula is C9H21N3. The molecule has 0 saturated carbocycles. The Bertz CT molecular complexity index is 136. The zero-order valence-electron chi connectivity index (χ0n) is 8.45. The Kier molecular flexibility index (Phi) is 3.50. The van der Waals surface area contributed by atoms with E-state index in [-0.39, 0.29) is 0 Å². The van der Waals surface area contributed by atoms with E-state index in [0.29, 0.717) is 6.04 Å². The molecule has 0 spiro atoms. The van der Waals surface area contributed by atoms with Crippen molar-refractivity contribution in [3.63, 3.8) is 0 Å². The molecule has 0 aromatic carbocycles. The van der Waals surface area contributed by atoms with Crippen LogP contribution in [-0.2, 0) is 0 Å². The maximum absolute atomic E-state index is 5.70. The van der Waals surface area contributed by atoms with Gasteiger partial charge in [0.05, 0.1) is 0 Å². The van der Waals surface area contributed by atoms with Crippen molar-refractivity contribution in [2.45, 2.75) is 24.9 Å². The quantitative estimate of drug-likeness (QED) is 0.633. The smallest absolute Gasteiger partial charge is 0.0230 e. The minimum absolute atomic E-state index is 0.589. The van der Waals surface area contributed by atoms with Crippen molar-refractivity contribution in [2.75, 3.05) is 34.2 Å². The van der Waals surface area contributed by atoms with E-state index in [2.05, 4.69) is 30.9 Å². The average Bonchev–Trinajstić information content (AvgIpc) is 2.05. The molecular weight excluding hydrogens is 150 g/mol. The van der Waals surface area contributed by atoms with Gasteiger partial charge >= 0.3 is 0 Å². The Morgan fingerprint density at radius 2 is 2.17 bits per heavy atom. The van der Waals surface area contributed by atoms with E-state index in [1.807, 2.05) is 0 Å². The molecule has 72 valence electrons. The highest BCUT2D eigenvalue weighted by Gasteiger charge is 2.25. The Morgan fingerprint density at radius 3 is 2.67 bits per heavy atom. The number of likely N-dealkylation sites (N-methyl/N-ethyl adjacent to an activating group) is 1. The molecule has 3 nitrogen and oxygen atoms in total. The van der Waals surface area contributed by atoms with Crippen LogP contribution in [0, 0.1) is 0 Å². The van der Waals surface area contributed by atoms with E-state index < -0.39 is 0 Å². The first kappa shape index (κ1) is 9.96. The number of nitrogens with two attached hydrogens (primary N) is 1. The van der Waals surface area contributed by atoms with Crippen molar-refractivity contribution in [2.24, 2.45) is 5.73 Å². The summed E-state index contributed by atoms with van der Waals surface area (Å²) in [6.07, 6.45) is 2.50. The number of hydrogen-bond acceptors (Lipinski definition) is 3. The van der Waals surface area contributed by atoms with Crippen LogP contribution in [0.5, 0.6) is 0 Å². The van der Waals surface area contributed by atoms with E-state index in [1.165, 1.54) is 19.4 Å². The highest BCUT2D eigenvalue weighted by atomic mass is 15.2. The zero-order chi connectivity index (χ0) is 9.14. The number of rotatable bonds is 2. The fraction of sp³-hybridized carbons (Fsp3) is 1.00. The standard InChI is InChI=1S/C9H21N3/c1-11(2)8-4-5-12(3)9(6-8)7-10/h8-9H,4-7,10H2,1-3H3. The molecule has 1 heterocycles. The molecule has 0 aromatic heterocycles. The van der Waals surface area contributed by atoms with Crippen LogP contribution in [0.25, 0.3) is 0 Å². The van der Waals surface area contributed by atoms with Gasteiger partial charge in [-0.2, -0.15) is 0 Å². The first-order valence-electron chi connectivity index (χ1n) is 4.72. The predicted octanol–water partition coefficient (Wildman–Crippen LogP) is -0.0305. The molecule has 0 bridgehead atoms. The van der Waals surface area contributed by atoms with Gasteiger partial charge in [0.15, 0.2) is 0 Å². The fourth-order valence-corrected chi connectivity index (χ4v) is 1.89. The Balaban J connectivity index is 2.44. The second-order valence-corrected chi connectivity index (χ2v) is 4.01. The molecule has 0 aliphatic carbocycles. The summed E-state index contributed by atoms with van der Waals surface area (Å²) in [5.41, 5.74) is 5.70. The predicted molar refractivity (Wildman–Crippen MR) is 52.2 cm³/mol. The van der Waals surface area contributed by atoms with Gasteiger partial charge in [0.2, 0.25) is 0 Å². The lowest BCUT2D eigenvalue weighted by Crippen LogP contribution is -2.49. The summed E-state index contributed by atoms with van der Waals surface area (Å²) in [4.78, 5) is 4.69. The molecule has 1 aliphatic rings. The highest BCUT2D eigenvalue weighted by molar-refractivity contribution is 4.83. The first-order valence-corrected chi connectivity index (χ1v) is 4.72. The molecule has 1 fully saturated rings. The topological polar surface area (TPSA) is 32.5 Å². The molecule has 12 heavy (non-hydrogen) atoms. The van der Waals surface area contributed by atoms with Gasteiger partial charge in [0.1, 0.15) is 0 Å². The van der Waals surface area contributed by atoms with Crippen molar-refractivity contribution < 1.29 is 0 Å². The third kappa shape index (κ3) is 2.19. The molecule has 0 radical (unpaired) electrons. The van der Waals surface area contributed by atoms with Crippen LogP contribution >= 0.6 is 0 Å². The van der Waals surface area contributed by atoms with Crippen molar-refractivity contribution in [1.29, 1.82) is 0 Å². The van der Waals surface area contributed by atoms with Gasteiger partial charge in [-0.15, -0.1) is 0 Å². The first-order chi connectivity index (χ1) is 5.65. The lowest BCUT2D eigenvalue weighted by molar-refractivity contribution is 0.114. The molecule has 2 N–H and O–H groups in total. The second-order valence-electron chi connectivity index (χ2n) is 4.01. The minimum atomic E-state index is 0.589. The van der Waals surface area contributed by atoms with Gasteiger partial charge in [-0.3, -0.25) is 0 Å². The van der Waals surface area contributed by atoms with E-state index >= 15 is 0 Å². The molecule has 0 amide bonds. The summed E-state index contributed by atoms with van der Waals surface area (Å²) < 4.78 is 0. The molecule has 2 unspecified atom stereocenters. The lowest BCUT2D eigenvalue weighted by Gasteiger charge is -2.39. The molecule has 3 heteroatoms. The molecule has 1 saturated heterocycles. The van der Waals surface area contributed by atoms with Crippen LogP contribution in [0.1, 0.15) is 12.8 Å². The van der Waals surface area contributed by atoms with E-state index in [4.69, 9.17) is 5.73 Å². The van der Waals surface area contributed by atoms with Gasteiger partial charge in [-0.25, -0.2) is 0 Å². The highest BCUT2D eigenvalue weighted by Crippen LogP contribution is 2.17. The zero-order valence-corrected chi connectivity index (χ0v) is 8.45. The third-order valence-electron chi connectivity index (χ3n) is 2.98. The van der Waals surface area contributed by atoms with Crippen LogP contribution in [0.3, 0.4) is 0 Å². The Labute approximate surface area is 75.5 Å². The molecule has 1 aliphatic heterocycles. The largest absolute Gasteiger partial charge is 0.329 e. The number of hydrogen-bond donors (Lipinski definition) is 1. The van der Waals surface area contributed by atoms with Gasteiger partial charge in [-0.05, 0) is 40.5 Å². The summed E-state index contributed by atoms with van der Waals surface area (Å²) in [6, 6.07) is 1.32. The fourth-order valence-electron chi connectivity index (χ4n) is 1.89. The van der Waals surface area contributed by atoms with Gasteiger partial charge < -0.3 is 15.5 Å². The van der Waals surface area contributed by atoms with E-state index in [0.717, 1.165) is 12.6 Å². The van der Waals surface area contributed by atoms with Crippen LogP contribution < -0.4 is 5.73 Å². The van der Waals surface area contributed by atoms with E-state index in [9.17, 15) is 0 Å². The van der Waals surface area contributed by atoms with Gasteiger partial charge in [0.25, 0.3) is 0 Å². The third-order valence-corrected chi connectivity index (χ3v) is 2.98. The average molecular weight is 171 g/mol. The molecule has 0 aromatic rings. The van der Waals surface area contributed by atoms with Crippen molar-refractivity contribution in [3.8, 4) is 0 Å². The monoisotopic (exact) mass is 171 g/mol. The van der Waals surface area contributed by atoms with E-state index in [1.54, 1.807) is 0 Å². The Hall–Kier alpha value is -0.120. The summed E-state index contributed by atoms with van der Waals surface area (Å²) in [7, 11) is 6.48. The van der Waals surface area contributed by atoms with Crippen LogP contribution in [0.4, 0.5) is 0 Å². The SMILES string of the molecule is CN(C)C1CCN(C)C(CN)C1. The Morgan fingerprint density at radius 1 is 1.50 bits per heavy atom. The summed E-state index contributed by atoms with van der Waals surface area (Å²) in [5.74, 6) is 0. The van der Waals surface area contributed by atoms with Gasteiger partial charge in [0, 0.05) is 18.6 Å². The minimum Gasteiger partial charge on any atom is -0.329 e. The summed E-state index contributed by atoms with van der Waals surface area (Å²) in [5, 5.41) is 0. The second kappa shape index (κ2) is 4.21. The van der Waals surface area contributed by atoms with Crippen LogP contribution in [0.2, 0.25) is 0 Å². The number of nitrogens with zero attached hydrogens (tertiary/aromatic N) is 2.